The van der Waals surface area contributed by atoms with Gasteiger partial charge in [0.2, 0.25) is 0 Å². The molecular weight excluding hydrogens is 570 g/mol. The van der Waals surface area contributed by atoms with Crippen molar-refractivity contribution in [3.63, 3.8) is 0 Å². The van der Waals surface area contributed by atoms with E-state index in [4.69, 9.17) is 14.6 Å². The number of nitrogens with one attached hydrogen (secondary N) is 1. The average molecular weight is 626 g/mol. The standard InChI is InChI=1S/C18H28N2O2.C17H17NO.C3H4.C2H6/c1-5-6-18(8-7-15(2)11-16(3)21)22-13-17-9-10-20(12-17)14-19-4;1-3-13-18-14(2)15-9-11-17(12-10-15)19-16-7-5-4-6-8-16;1-3-2;1-2/h6-8,14,17,21H,2-3,5,9-13H2,1,4H3;3-12,18H,1-2,13H2;1H,2H3;1-2H3/b8-7-,18-6+,19-14?;;;/t17-;;;/m1.../s1. The second kappa shape index (κ2) is 26.5. The Kier molecular flexibility index (Phi) is 23.7. The first kappa shape index (κ1) is 41.1. The van der Waals surface area contributed by atoms with Gasteiger partial charge in [-0.05, 0) is 79.5 Å². The van der Waals surface area contributed by atoms with Gasteiger partial charge in [-0.2, -0.15) is 0 Å². The van der Waals surface area contributed by atoms with Gasteiger partial charge in [-0.25, -0.2) is 0 Å². The summed E-state index contributed by atoms with van der Waals surface area (Å²) in [5.74, 6) is 5.41. The van der Waals surface area contributed by atoms with E-state index >= 15 is 0 Å². The maximum Gasteiger partial charge on any atom is 0.127 e. The third-order valence-corrected chi connectivity index (χ3v) is 6.04. The van der Waals surface area contributed by atoms with Crippen molar-refractivity contribution >= 4 is 12.0 Å². The van der Waals surface area contributed by atoms with Crippen molar-refractivity contribution in [2.24, 2.45) is 10.9 Å². The van der Waals surface area contributed by atoms with Crippen molar-refractivity contribution < 1.29 is 14.6 Å². The molecule has 1 saturated heterocycles. The van der Waals surface area contributed by atoms with Crippen LogP contribution in [0.1, 0.15) is 52.5 Å². The molecule has 2 aromatic carbocycles. The number of hydrogen-bond acceptors (Lipinski definition) is 5. The maximum atomic E-state index is 9.16. The Morgan fingerprint density at radius 2 is 1.72 bits per heavy atom. The molecule has 0 spiro atoms. The Labute approximate surface area is 279 Å². The minimum atomic E-state index is 0.125. The highest BCUT2D eigenvalue weighted by Crippen LogP contribution is 2.22. The number of rotatable bonds is 15. The lowest BCUT2D eigenvalue weighted by Gasteiger charge is -2.14. The predicted molar refractivity (Wildman–Crippen MR) is 199 cm³/mol. The van der Waals surface area contributed by atoms with Crippen LogP contribution in [0.25, 0.3) is 5.70 Å². The van der Waals surface area contributed by atoms with Crippen LogP contribution in [0.5, 0.6) is 11.5 Å². The Balaban J connectivity index is 0.000000777. The Morgan fingerprint density at radius 3 is 2.28 bits per heavy atom. The van der Waals surface area contributed by atoms with Crippen molar-refractivity contribution in [2.75, 3.05) is 33.3 Å². The molecule has 1 fully saturated rings. The fraction of sp³-hybridized carbons (Fsp3) is 0.325. The molecule has 1 aliphatic rings. The summed E-state index contributed by atoms with van der Waals surface area (Å²) in [5.41, 5.74) is 2.73. The molecule has 2 N–H and O–H groups in total. The molecule has 0 saturated carbocycles. The zero-order chi connectivity index (χ0) is 34.6. The normalized spacial score (nSPS) is 13.5. The van der Waals surface area contributed by atoms with Crippen LogP contribution in [0.15, 0.2) is 127 Å². The first-order valence-electron chi connectivity index (χ1n) is 15.7. The number of hydrogen-bond donors (Lipinski definition) is 2. The fourth-order valence-electron chi connectivity index (χ4n) is 4.02. The highest BCUT2D eigenvalue weighted by Gasteiger charge is 2.21. The minimum Gasteiger partial charge on any atom is -0.513 e. The van der Waals surface area contributed by atoms with E-state index in [1.165, 1.54) is 0 Å². The fourth-order valence-corrected chi connectivity index (χ4v) is 4.02. The summed E-state index contributed by atoms with van der Waals surface area (Å²) in [5, 5.41) is 12.3. The third-order valence-electron chi connectivity index (χ3n) is 6.04. The zero-order valence-electron chi connectivity index (χ0n) is 28.7. The van der Waals surface area contributed by atoms with Crippen LogP contribution in [0.2, 0.25) is 0 Å². The van der Waals surface area contributed by atoms with Gasteiger partial charge < -0.3 is 24.8 Å². The summed E-state index contributed by atoms with van der Waals surface area (Å²) >= 11 is 0. The lowest BCUT2D eigenvalue weighted by molar-refractivity contribution is 0.178. The molecule has 1 heterocycles. The van der Waals surface area contributed by atoms with Crippen molar-refractivity contribution in [2.45, 2.75) is 47.0 Å². The van der Waals surface area contributed by atoms with Gasteiger partial charge in [-0.15, -0.1) is 18.9 Å². The lowest BCUT2D eigenvalue weighted by Crippen LogP contribution is -2.20. The van der Waals surface area contributed by atoms with Crippen molar-refractivity contribution in [1.29, 1.82) is 0 Å². The topological polar surface area (TPSA) is 66.3 Å². The first-order valence-corrected chi connectivity index (χ1v) is 15.7. The van der Waals surface area contributed by atoms with E-state index in [0.717, 1.165) is 60.0 Å². The number of benzene rings is 2. The lowest BCUT2D eigenvalue weighted by atomic mass is 10.1. The van der Waals surface area contributed by atoms with Gasteiger partial charge in [-0.3, -0.25) is 4.99 Å². The number of terminal acetylenes is 1. The van der Waals surface area contributed by atoms with Crippen LogP contribution in [-0.4, -0.2) is 49.6 Å². The molecular formula is C40H55N3O3. The van der Waals surface area contributed by atoms with E-state index in [2.05, 4.69) is 66.9 Å². The summed E-state index contributed by atoms with van der Waals surface area (Å²) in [7, 11) is 1.80. The van der Waals surface area contributed by atoms with Crippen LogP contribution in [0.4, 0.5) is 0 Å². The van der Waals surface area contributed by atoms with Crippen LogP contribution < -0.4 is 10.1 Å². The van der Waals surface area contributed by atoms with Crippen molar-refractivity contribution in [3.05, 3.63) is 128 Å². The largest absolute Gasteiger partial charge is 0.513 e. The molecule has 0 unspecified atom stereocenters. The Morgan fingerprint density at radius 1 is 1.09 bits per heavy atom. The van der Waals surface area contributed by atoms with Gasteiger partial charge in [0, 0.05) is 44.7 Å². The number of ether oxygens (including phenoxy) is 2. The Hall–Kier alpha value is -4.89. The number of para-hydroxylation sites is 1. The molecule has 1 aliphatic heterocycles. The molecule has 2 aromatic rings. The highest BCUT2D eigenvalue weighted by atomic mass is 16.5. The second-order valence-corrected chi connectivity index (χ2v) is 9.96. The monoisotopic (exact) mass is 625 g/mol. The average Bonchev–Trinajstić information content (AvgIpc) is 3.51. The summed E-state index contributed by atoms with van der Waals surface area (Å²) in [6, 6.07) is 17.6. The van der Waals surface area contributed by atoms with Gasteiger partial charge in [0.25, 0.3) is 0 Å². The molecule has 248 valence electrons. The van der Waals surface area contributed by atoms with E-state index in [1.54, 1.807) is 20.0 Å². The molecule has 0 aliphatic carbocycles. The van der Waals surface area contributed by atoms with E-state index in [-0.39, 0.29) is 5.76 Å². The van der Waals surface area contributed by atoms with Crippen LogP contribution >= 0.6 is 0 Å². The third kappa shape index (κ3) is 19.4. The summed E-state index contributed by atoms with van der Waals surface area (Å²) < 4.78 is 11.7. The molecule has 0 bridgehead atoms. The van der Waals surface area contributed by atoms with E-state index in [9.17, 15) is 0 Å². The first-order chi connectivity index (χ1) is 22.3. The smallest absolute Gasteiger partial charge is 0.127 e. The summed E-state index contributed by atoms with van der Waals surface area (Å²) in [6.07, 6.45) is 16.6. The van der Waals surface area contributed by atoms with Crippen LogP contribution in [-0.2, 0) is 4.74 Å². The van der Waals surface area contributed by atoms with E-state index in [1.807, 2.05) is 86.9 Å². The van der Waals surface area contributed by atoms with Gasteiger partial charge in [-0.1, -0.05) is 70.9 Å². The minimum absolute atomic E-state index is 0.125. The molecule has 0 aromatic heterocycles. The van der Waals surface area contributed by atoms with Gasteiger partial charge >= 0.3 is 0 Å². The quantitative estimate of drug-likeness (QED) is 0.0515. The molecule has 0 radical (unpaired) electrons. The number of aliphatic hydroxyl groups is 1. The van der Waals surface area contributed by atoms with Gasteiger partial charge in [0.05, 0.1) is 18.7 Å². The van der Waals surface area contributed by atoms with Crippen molar-refractivity contribution in [3.8, 4) is 23.8 Å². The number of aliphatic imine (C=N–C) groups is 1. The molecule has 6 heteroatoms. The number of allylic oxidation sites excluding steroid dienone is 4. The summed E-state index contributed by atoms with van der Waals surface area (Å²) in [4.78, 5) is 6.27. The molecule has 6 nitrogen and oxygen atoms in total. The van der Waals surface area contributed by atoms with Crippen LogP contribution in [0, 0.1) is 18.3 Å². The molecule has 46 heavy (non-hydrogen) atoms. The number of aliphatic hydroxyl groups excluding tert-OH is 1. The predicted octanol–water partition coefficient (Wildman–Crippen LogP) is 9.74. The highest BCUT2D eigenvalue weighted by molar-refractivity contribution is 5.62. The molecule has 0 amide bonds. The zero-order valence-corrected chi connectivity index (χ0v) is 28.7. The van der Waals surface area contributed by atoms with E-state index < -0.39 is 0 Å². The van der Waals surface area contributed by atoms with Crippen molar-refractivity contribution in [1.82, 2.24) is 10.2 Å². The molecule has 1 atom stereocenters. The number of nitrogens with zero attached hydrogens (tertiary/aromatic N) is 2. The van der Waals surface area contributed by atoms with E-state index in [0.29, 0.717) is 25.5 Å². The summed E-state index contributed by atoms with van der Waals surface area (Å²) in [6.45, 7) is 26.2. The SMILES string of the molecule is C#CC.C=C(O)CC(=C)/C=C\C(=C/CC)OC[C@@H]1CCN(C=NC)C1.C=CCNC(=C)c1ccc(Oc2ccccc2)cc1.CC. The van der Waals surface area contributed by atoms with Gasteiger partial charge in [0.1, 0.15) is 17.3 Å². The second-order valence-electron chi connectivity index (χ2n) is 9.96. The van der Waals surface area contributed by atoms with Gasteiger partial charge in [0.15, 0.2) is 0 Å². The Bertz CT molecular complexity index is 1290. The van der Waals surface area contributed by atoms with Crippen LogP contribution in [0.3, 0.4) is 0 Å². The number of likely N-dealkylation sites (tertiary alicyclic amines) is 1. The molecule has 3 rings (SSSR count). The maximum absolute atomic E-state index is 9.16.